The van der Waals surface area contributed by atoms with Crippen molar-refractivity contribution in [1.29, 1.82) is 0 Å². The minimum absolute atomic E-state index is 0.0489. The summed E-state index contributed by atoms with van der Waals surface area (Å²) >= 11 is 0. The predicted octanol–water partition coefficient (Wildman–Crippen LogP) is 4.62. The molecule has 2 aromatic carbocycles. The highest BCUT2D eigenvalue weighted by atomic mass is 16.2. The van der Waals surface area contributed by atoms with Gasteiger partial charge in [0.2, 0.25) is 5.91 Å². The molecule has 0 radical (unpaired) electrons. The molecule has 1 N–H and O–H groups in total. The molecule has 0 fully saturated rings. The van der Waals surface area contributed by atoms with Gasteiger partial charge in [-0.25, -0.2) is 0 Å². The number of carbonyl (C=O) groups is 2. The second-order valence-electron chi connectivity index (χ2n) is 5.73. The molecule has 3 heteroatoms. The number of benzene rings is 2. The molecule has 0 atom stereocenters. The average molecular weight is 333 g/mol. The Morgan fingerprint density at radius 2 is 1.52 bits per heavy atom. The maximum absolute atomic E-state index is 12.4. The van der Waals surface area contributed by atoms with Crippen molar-refractivity contribution < 1.29 is 9.59 Å². The summed E-state index contributed by atoms with van der Waals surface area (Å²) in [6, 6.07) is 19.1. The number of hydrogen-bond acceptors (Lipinski definition) is 2. The molecule has 25 heavy (non-hydrogen) atoms. The summed E-state index contributed by atoms with van der Waals surface area (Å²) in [5.74, 6) is -0.358. The molecule has 0 unspecified atom stereocenters. The van der Waals surface area contributed by atoms with Gasteiger partial charge in [-0.3, -0.25) is 9.59 Å². The molecule has 0 aromatic heterocycles. The first-order chi connectivity index (χ1) is 12.2. The van der Waals surface area contributed by atoms with Gasteiger partial charge in [-0.05, 0) is 29.7 Å². The first-order valence-electron chi connectivity index (χ1n) is 8.53. The van der Waals surface area contributed by atoms with Gasteiger partial charge in [0.25, 0.3) is 0 Å². The van der Waals surface area contributed by atoms with E-state index in [-0.39, 0.29) is 11.7 Å². The number of allylic oxidation sites excluding steroid dienone is 1. The van der Waals surface area contributed by atoms with Crippen LogP contribution in [0, 0.1) is 0 Å². The highest BCUT2D eigenvalue weighted by Gasteiger charge is 2.11. The van der Waals surface area contributed by atoms with E-state index in [1.165, 1.54) is 6.08 Å². The number of rotatable bonds is 8. The Morgan fingerprint density at radius 1 is 0.920 bits per heavy atom. The van der Waals surface area contributed by atoms with Gasteiger partial charge in [-0.2, -0.15) is 0 Å². The molecule has 0 saturated carbocycles. The third-order valence-corrected chi connectivity index (χ3v) is 3.65. The van der Waals surface area contributed by atoms with Crippen LogP contribution in [-0.4, -0.2) is 11.7 Å². The zero-order valence-corrected chi connectivity index (χ0v) is 14.4. The minimum atomic E-state index is -0.309. The Labute approximate surface area is 149 Å². The fourth-order valence-electron chi connectivity index (χ4n) is 2.28. The topological polar surface area (TPSA) is 46.2 Å². The van der Waals surface area contributed by atoms with E-state index in [0.29, 0.717) is 12.1 Å². The largest absolute Gasteiger partial charge is 0.319 e. The standard InChI is InChI=1S/C22H23NO2/c1-2-3-14-21(24)20(17-19-12-8-5-9-13-19)23-22(25)16-15-18-10-6-4-7-11-18/h4-13,15-17H,2-3,14H2,1H3,(H,23,25)/b16-15+,20-17-. The van der Waals surface area contributed by atoms with Gasteiger partial charge < -0.3 is 5.32 Å². The van der Waals surface area contributed by atoms with Crippen molar-refractivity contribution in [3.8, 4) is 0 Å². The molecule has 0 aliphatic rings. The SMILES string of the molecule is CCCCC(=O)/C(=C/c1ccccc1)NC(=O)/C=C/c1ccccc1. The van der Waals surface area contributed by atoms with Crippen LogP contribution in [0.3, 0.4) is 0 Å². The van der Waals surface area contributed by atoms with Gasteiger partial charge in [-0.1, -0.05) is 74.0 Å². The Kier molecular flexibility index (Phi) is 7.39. The Bertz CT molecular complexity index is 746. The lowest BCUT2D eigenvalue weighted by atomic mass is 10.1. The fraction of sp³-hybridized carbons (Fsp3) is 0.182. The lowest BCUT2D eigenvalue weighted by molar-refractivity contribution is -0.120. The molecule has 1 amide bonds. The number of nitrogens with one attached hydrogen (secondary N) is 1. The van der Waals surface area contributed by atoms with Gasteiger partial charge in [-0.15, -0.1) is 0 Å². The molecular formula is C22H23NO2. The summed E-state index contributed by atoms with van der Waals surface area (Å²) in [4.78, 5) is 24.6. The number of hydrogen-bond donors (Lipinski definition) is 1. The van der Waals surface area contributed by atoms with Crippen molar-refractivity contribution >= 4 is 23.8 Å². The fourth-order valence-corrected chi connectivity index (χ4v) is 2.28. The van der Waals surface area contributed by atoms with Crippen LogP contribution in [0.2, 0.25) is 0 Å². The molecule has 0 spiro atoms. The third kappa shape index (κ3) is 6.60. The van der Waals surface area contributed by atoms with Gasteiger partial charge in [0.05, 0.1) is 5.70 Å². The van der Waals surface area contributed by atoms with Crippen LogP contribution in [-0.2, 0) is 9.59 Å². The van der Waals surface area contributed by atoms with Crippen LogP contribution in [0.25, 0.3) is 12.2 Å². The van der Waals surface area contributed by atoms with E-state index in [0.717, 1.165) is 24.0 Å². The molecule has 0 aliphatic carbocycles. The van der Waals surface area contributed by atoms with Crippen LogP contribution >= 0.6 is 0 Å². The highest BCUT2D eigenvalue weighted by molar-refractivity contribution is 6.05. The number of Topliss-reactive ketones (excluding diaryl/α,β-unsaturated/α-hetero) is 1. The normalized spacial score (nSPS) is 11.5. The van der Waals surface area contributed by atoms with Crippen molar-refractivity contribution in [3.05, 3.63) is 83.6 Å². The second kappa shape index (κ2) is 10.0. The Morgan fingerprint density at radius 3 is 2.12 bits per heavy atom. The smallest absolute Gasteiger partial charge is 0.248 e. The Balaban J connectivity index is 2.12. The van der Waals surface area contributed by atoms with Crippen LogP contribution in [0.4, 0.5) is 0 Å². The van der Waals surface area contributed by atoms with Crippen molar-refractivity contribution in [2.75, 3.05) is 0 Å². The van der Waals surface area contributed by atoms with Crippen molar-refractivity contribution in [1.82, 2.24) is 5.32 Å². The zero-order valence-electron chi connectivity index (χ0n) is 14.4. The monoisotopic (exact) mass is 333 g/mol. The van der Waals surface area contributed by atoms with Gasteiger partial charge in [0, 0.05) is 12.5 Å². The van der Waals surface area contributed by atoms with E-state index in [2.05, 4.69) is 5.32 Å². The van der Waals surface area contributed by atoms with Crippen LogP contribution in [0.5, 0.6) is 0 Å². The molecular weight excluding hydrogens is 310 g/mol. The van der Waals surface area contributed by atoms with Crippen LogP contribution in [0.15, 0.2) is 72.4 Å². The van der Waals surface area contributed by atoms with Crippen molar-refractivity contribution in [2.45, 2.75) is 26.2 Å². The van der Waals surface area contributed by atoms with Gasteiger partial charge >= 0.3 is 0 Å². The van der Waals surface area contributed by atoms with Crippen LogP contribution in [0.1, 0.15) is 37.3 Å². The summed E-state index contributed by atoms with van der Waals surface area (Å²) in [5, 5.41) is 2.73. The summed E-state index contributed by atoms with van der Waals surface area (Å²) < 4.78 is 0. The molecule has 0 aliphatic heterocycles. The molecule has 3 nitrogen and oxygen atoms in total. The molecule has 0 saturated heterocycles. The van der Waals surface area contributed by atoms with E-state index >= 15 is 0 Å². The van der Waals surface area contributed by atoms with Crippen molar-refractivity contribution in [2.24, 2.45) is 0 Å². The number of amides is 1. The number of carbonyl (C=O) groups excluding carboxylic acids is 2. The third-order valence-electron chi connectivity index (χ3n) is 3.65. The summed E-state index contributed by atoms with van der Waals surface area (Å²) in [5.41, 5.74) is 2.15. The zero-order chi connectivity index (χ0) is 17.9. The van der Waals surface area contributed by atoms with E-state index in [1.54, 1.807) is 12.2 Å². The Hall–Kier alpha value is -2.94. The molecule has 2 rings (SSSR count). The van der Waals surface area contributed by atoms with Crippen molar-refractivity contribution in [3.63, 3.8) is 0 Å². The van der Waals surface area contributed by atoms with Gasteiger partial charge in [0.1, 0.15) is 0 Å². The number of ketones is 1. The quantitative estimate of drug-likeness (QED) is 0.717. The molecule has 2 aromatic rings. The maximum Gasteiger partial charge on any atom is 0.248 e. The van der Waals surface area contributed by atoms with E-state index in [9.17, 15) is 9.59 Å². The van der Waals surface area contributed by atoms with E-state index in [4.69, 9.17) is 0 Å². The summed E-state index contributed by atoms with van der Waals surface area (Å²) in [6.45, 7) is 2.04. The predicted molar refractivity (Wildman–Crippen MR) is 103 cm³/mol. The first-order valence-corrected chi connectivity index (χ1v) is 8.53. The molecule has 0 bridgehead atoms. The average Bonchev–Trinajstić information content (AvgIpc) is 2.65. The van der Waals surface area contributed by atoms with E-state index in [1.807, 2.05) is 67.6 Å². The second-order valence-corrected chi connectivity index (χ2v) is 5.73. The summed E-state index contributed by atoms with van der Waals surface area (Å²) in [6.07, 6.45) is 7.07. The lowest BCUT2D eigenvalue weighted by Crippen LogP contribution is -2.25. The van der Waals surface area contributed by atoms with E-state index < -0.39 is 0 Å². The molecule has 0 heterocycles. The maximum atomic E-state index is 12.4. The summed E-state index contributed by atoms with van der Waals surface area (Å²) in [7, 11) is 0. The first kappa shape index (κ1) is 18.4. The number of unbranched alkanes of at least 4 members (excludes halogenated alkanes) is 1. The molecule has 128 valence electrons. The minimum Gasteiger partial charge on any atom is -0.319 e. The van der Waals surface area contributed by atoms with Gasteiger partial charge in [0.15, 0.2) is 5.78 Å². The highest BCUT2D eigenvalue weighted by Crippen LogP contribution is 2.09. The van der Waals surface area contributed by atoms with Crippen LogP contribution < -0.4 is 5.32 Å². The lowest BCUT2D eigenvalue weighted by Gasteiger charge is -2.08.